The molecule has 12 heteroatoms. The third-order valence-electron chi connectivity index (χ3n) is 6.33. The van der Waals surface area contributed by atoms with Gasteiger partial charge in [-0.1, -0.05) is 38.8 Å². The van der Waals surface area contributed by atoms with Crippen LogP contribution < -0.4 is 21.3 Å². The van der Waals surface area contributed by atoms with Gasteiger partial charge in [-0.15, -0.1) is 0 Å². The van der Waals surface area contributed by atoms with Crippen molar-refractivity contribution in [1.82, 2.24) is 21.3 Å². The van der Waals surface area contributed by atoms with E-state index in [9.17, 15) is 28.8 Å². The number of imide groups is 4. The van der Waals surface area contributed by atoms with E-state index < -0.39 is 47.5 Å². The first-order valence-corrected chi connectivity index (χ1v) is 12.9. The van der Waals surface area contributed by atoms with Crippen LogP contribution >= 0.6 is 0 Å². The minimum Gasteiger partial charge on any atom is -0.277 e. The highest BCUT2D eigenvalue weighted by atomic mass is 16.2. The van der Waals surface area contributed by atoms with Crippen LogP contribution in [0.3, 0.4) is 0 Å². The molecule has 2 saturated heterocycles. The molecule has 12 nitrogen and oxygen atoms in total. The van der Waals surface area contributed by atoms with Crippen LogP contribution in [0, 0.1) is 11.8 Å². The van der Waals surface area contributed by atoms with Crippen molar-refractivity contribution in [1.29, 1.82) is 0 Å². The van der Waals surface area contributed by atoms with E-state index in [1.165, 1.54) is 12.4 Å². The summed E-state index contributed by atoms with van der Waals surface area (Å²) in [6.07, 6.45) is 5.57. The molecule has 0 unspecified atom stereocenters. The van der Waals surface area contributed by atoms with E-state index in [-0.39, 0.29) is 0 Å². The second-order valence-electron chi connectivity index (χ2n) is 9.31. The van der Waals surface area contributed by atoms with Crippen LogP contribution in [0.5, 0.6) is 0 Å². The Hall–Kier alpha value is -5.00. The quantitative estimate of drug-likeness (QED) is 0.279. The summed E-state index contributed by atoms with van der Waals surface area (Å²) >= 11 is 0. The molecule has 206 valence electrons. The number of benzene rings is 2. The fourth-order valence-electron chi connectivity index (χ4n) is 4.36. The van der Waals surface area contributed by atoms with Crippen molar-refractivity contribution in [3.05, 3.63) is 47.5 Å². The summed E-state index contributed by atoms with van der Waals surface area (Å²) in [4.78, 5) is 79.5. The minimum atomic E-state index is -1.21. The third kappa shape index (κ3) is 6.34. The number of aryl methyl sites for hydroxylation is 2. The smallest absolute Gasteiger partial charge is 0.277 e. The fourth-order valence-corrected chi connectivity index (χ4v) is 4.36. The maximum atomic E-state index is 12.0. The van der Waals surface area contributed by atoms with E-state index in [2.05, 4.69) is 31.3 Å². The number of hydrogen-bond acceptors (Lipinski definition) is 8. The Labute approximate surface area is 229 Å². The summed E-state index contributed by atoms with van der Waals surface area (Å²) in [6, 6.07) is 9.70. The molecule has 0 radical (unpaired) electrons. The van der Waals surface area contributed by atoms with E-state index in [4.69, 9.17) is 0 Å². The topological polar surface area (TPSA) is 175 Å². The standard InChI is InChI=1S/C28H28N6O6/c1-3-5-17-11-15(7-9-21(17)29-13-19-23(35)31-27(39)32-24(19)36)16-8-10-22(18(12-16)6-4-2)30-14-20-25(37)33-28(40)34-26(20)38/h7-14,19-20H,3-6H2,1-2H3,(H2,31,32,35,36,39)(H2,33,34,37,38,40). The van der Waals surface area contributed by atoms with Gasteiger partial charge in [0.05, 0.1) is 11.4 Å². The van der Waals surface area contributed by atoms with Crippen LogP contribution in [0.15, 0.2) is 46.4 Å². The number of hydrogen-bond donors (Lipinski definition) is 4. The van der Waals surface area contributed by atoms with Gasteiger partial charge in [0.25, 0.3) is 0 Å². The number of rotatable bonds is 9. The molecule has 0 atom stereocenters. The van der Waals surface area contributed by atoms with E-state index in [0.29, 0.717) is 24.2 Å². The Morgan fingerprint density at radius 3 is 1.27 bits per heavy atom. The zero-order chi connectivity index (χ0) is 28.8. The zero-order valence-corrected chi connectivity index (χ0v) is 21.9. The van der Waals surface area contributed by atoms with E-state index in [1.54, 1.807) is 0 Å². The molecule has 2 aliphatic rings. The molecule has 8 amide bonds. The Bertz CT molecular complexity index is 1310. The second kappa shape index (κ2) is 12.2. The first kappa shape index (κ1) is 28.0. The lowest BCUT2D eigenvalue weighted by Crippen LogP contribution is -2.56. The third-order valence-corrected chi connectivity index (χ3v) is 6.33. The van der Waals surface area contributed by atoms with Crippen molar-refractivity contribution in [2.24, 2.45) is 21.8 Å². The molecule has 2 fully saturated rings. The predicted molar refractivity (Wildman–Crippen MR) is 147 cm³/mol. The second-order valence-corrected chi connectivity index (χ2v) is 9.31. The molecule has 2 aromatic rings. The molecule has 0 aromatic heterocycles. The predicted octanol–water partition coefficient (Wildman–Crippen LogP) is 2.63. The van der Waals surface area contributed by atoms with Gasteiger partial charge in [0, 0.05) is 12.4 Å². The summed E-state index contributed by atoms with van der Waals surface area (Å²) in [7, 11) is 0. The van der Waals surface area contributed by atoms with Gasteiger partial charge in [-0.05, 0) is 59.4 Å². The molecule has 0 aliphatic carbocycles. The molecule has 40 heavy (non-hydrogen) atoms. The number of aliphatic imine (C=N–C) groups is 2. The van der Waals surface area contributed by atoms with Gasteiger partial charge in [0.15, 0.2) is 11.8 Å². The van der Waals surface area contributed by atoms with Gasteiger partial charge in [-0.2, -0.15) is 0 Å². The van der Waals surface area contributed by atoms with Crippen molar-refractivity contribution in [3.8, 4) is 11.1 Å². The normalized spacial score (nSPS) is 16.9. The Balaban J connectivity index is 1.60. The van der Waals surface area contributed by atoms with Crippen LogP contribution in [0.1, 0.15) is 37.8 Å². The first-order valence-electron chi connectivity index (χ1n) is 12.9. The van der Waals surface area contributed by atoms with Gasteiger partial charge in [0.1, 0.15) is 0 Å². The monoisotopic (exact) mass is 544 g/mol. The number of nitrogens with zero attached hydrogens (tertiary/aromatic N) is 2. The van der Waals surface area contributed by atoms with Gasteiger partial charge in [-0.3, -0.25) is 50.4 Å². The van der Waals surface area contributed by atoms with Gasteiger partial charge < -0.3 is 0 Å². The largest absolute Gasteiger partial charge is 0.328 e. The van der Waals surface area contributed by atoms with E-state index >= 15 is 0 Å². The number of urea groups is 2. The van der Waals surface area contributed by atoms with Gasteiger partial charge in [0.2, 0.25) is 23.6 Å². The highest BCUT2D eigenvalue weighted by Gasteiger charge is 2.33. The van der Waals surface area contributed by atoms with Crippen molar-refractivity contribution < 1.29 is 28.8 Å². The summed E-state index contributed by atoms with van der Waals surface area (Å²) in [5, 5.41) is 8.22. The molecule has 0 spiro atoms. The van der Waals surface area contributed by atoms with Crippen molar-refractivity contribution in [2.45, 2.75) is 39.5 Å². The maximum absolute atomic E-state index is 12.0. The summed E-state index contributed by atoms with van der Waals surface area (Å²) in [6.45, 7) is 4.06. The zero-order valence-electron chi connectivity index (χ0n) is 21.9. The van der Waals surface area contributed by atoms with E-state index in [0.717, 1.165) is 35.1 Å². The van der Waals surface area contributed by atoms with Crippen LogP contribution in [0.25, 0.3) is 11.1 Å². The highest BCUT2D eigenvalue weighted by molar-refractivity contribution is 6.24. The fraction of sp³-hybridized carbons (Fsp3) is 0.286. The Kier molecular flexibility index (Phi) is 8.57. The molecule has 4 N–H and O–H groups in total. The van der Waals surface area contributed by atoms with Crippen molar-refractivity contribution >= 4 is 59.5 Å². The molecular weight excluding hydrogens is 516 g/mol. The van der Waals surface area contributed by atoms with Crippen LogP contribution in [0.2, 0.25) is 0 Å². The SMILES string of the molecule is CCCc1cc(-c2ccc(N=CC3C(=O)NC(=O)NC3=O)c(CCC)c2)ccc1N=CC1C(=O)NC(=O)NC1=O. The maximum Gasteiger partial charge on any atom is 0.328 e. The number of carbonyl (C=O) groups is 6. The molecule has 2 aliphatic heterocycles. The van der Waals surface area contributed by atoms with Gasteiger partial charge in [-0.25, -0.2) is 9.59 Å². The Morgan fingerprint density at radius 2 is 0.950 bits per heavy atom. The minimum absolute atomic E-state index is 0.612. The van der Waals surface area contributed by atoms with Crippen molar-refractivity contribution in [2.75, 3.05) is 0 Å². The molecular formula is C28H28N6O6. The summed E-state index contributed by atoms with van der Waals surface area (Å²) < 4.78 is 0. The van der Waals surface area contributed by atoms with Gasteiger partial charge >= 0.3 is 12.1 Å². The number of carbonyl (C=O) groups excluding carboxylic acids is 6. The summed E-state index contributed by atoms with van der Waals surface area (Å²) in [5.74, 6) is -5.32. The number of amides is 8. The lowest BCUT2D eigenvalue weighted by atomic mass is 9.96. The van der Waals surface area contributed by atoms with Crippen LogP contribution in [-0.4, -0.2) is 48.1 Å². The molecule has 2 heterocycles. The number of nitrogens with one attached hydrogen (secondary N) is 4. The molecule has 0 saturated carbocycles. The first-order chi connectivity index (χ1) is 19.2. The van der Waals surface area contributed by atoms with E-state index in [1.807, 2.05) is 50.2 Å². The Morgan fingerprint density at radius 1 is 0.600 bits per heavy atom. The average Bonchev–Trinajstić information content (AvgIpc) is 2.89. The molecule has 4 rings (SSSR count). The lowest BCUT2D eigenvalue weighted by molar-refractivity contribution is -0.134. The molecule has 0 bridgehead atoms. The lowest BCUT2D eigenvalue weighted by Gasteiger charge is -2.17. The van der Waals surface area contributed by atoms with Crippen LogP contribution in [0.4, 0.5) is 21.0 Å². The number of barbiturate groups is 2. The highest BCUT2D eigenvalue weighted by Crippen LogP contribution is 2.32. The van der Waals surface area contributed by atoms with Crippen molar-refractivity contribution in [3.63, 3.8) is 0 Å². The average molecular weight is 545 g/mol. The molecule has 2 aromatic carbocycles. The van der Waals surface area contributed by atoms with Crippen LogP contribution in [-0.2, 0) is 32.0 Å². The summed E-state index contributed by atoms with van der Waals surface area (Å²) in [5.41, 5.74) is 4.93.